The Balaban J connectivity index is 0.00000156. The van der Waals surface area contributed by atoms with E-state index in [4.69, 9.17) is 10.5 Å². The molecule has 0 atom stereocenters. The smallest absolute Gasteiger partial charge is 0.244 e. The number of halogens is 2. The van der Waals surface area contributed by atoms with E-state index in [0.29, 0.717) is 26.1 Å². The minimum absolute atomic E-state index is 0. The maximum absolute atomic E-state index is 12.5. The molecule has 2 fully saturated rings. The number of carbonyl (C=O) groups excluding carboxylic acids is 1. The van der Waals surface area contributed by atoms with Gasteiger partial charge in [-0.15, -0.1) is 24.8 Å². The molecule has 2 aliphatic rings. The number of nitrogens with two attached hydrogens (primary N) is 1. The lowest BCUT2D eigenvalue weighted by Crippen LogP contribution is -2.54. The third-order valence-electron chi connectivity index (χ3n) is 4.53. The van der Waals surface area contributed by atoms with Gasteiger partial charge in [-0.05, 0) is 30.5 Å². The zero-order chi connectivity index (χ0) is 16.1. The summed E-state index contributed by atoms with van der Waals surface area (Å²) in [6.07, 6.45) is 1.15. The van der Waals surface area contributed by atoms with Crippen LogP contribution in [0.3, 0.4) is 0 Å². The van der Waals surface area contributed by atoms with Crippen molar-refractivity contribution in [3.05, 3.63) is 29.8 Å². The highest BCUT2D eigenvalue weighted by Gasteiger charge is 2.35. The molecule has 25 heavy (non-hydrogen) atoms. The molecule has 0 aliphatic carbocycles. The number of hydrogen-bond acceptors (Lipinski definition) is 5. The second-order valence-electron chi connectivity index (χ2n) is 6.31. The predicted molar refractivity (Wildman–Crippen MR) is 109 cm³/mol. The van der Waals surface area contributed by atoms with Crippen LogP contribution >= 0.6 is 36.6 Å². The number of nitrogens with one attached hydrogen (secondary N) is 1. The summed E-state index contributed by atoms with van der Waals surface area (Å²) in [7, 11) is 0. The number of benzene rings is 1. The van der Waals surface area contributed by atoms with Gasteiger partial charge >= 0.3 is 0 Å². The third-order valence-corrected chi connectivity index (χ3v) is 5.47. The SMILES string of the molecule is Cl.Cl.NC1(C(=O)Nc2cccc(CN3CCSCC3)c2)CCOCC1. The first kappa shape index (κ1) is 22.5. The van der Waals surface area contributed by atoms with E-state index >= 15 is 0 Å². The molecule has 0 saturated carbocycles. The van der Waals surface area contributed by atoms with Crippen LogP contribution in [0.5, 0.6) is 0 Å². The summed E-state index contributed by atoms with van der Waals surface area (Å²) in [5, 5.41) is 2.99. The minimum Gasteiger partial charge on any atom is -0.381 e. The first-order valence-corrected chi connectivity index (χ1v) is 9.38. The van der Waals surface area contributed by atoms with Crippen molar-refractivity contribution in [2.45, 2.75) is 24.9 Å². The fraction of sp³-hybridized carbons (Fsp3) is 0.588. The Hall–Kier alpha value is -0.500. The molecule has 1 aromatic rings. The van der Waals surface area contributed by atoms with Gasteiger partial charge in [-0.3, -0.25) is 9.69 Å². The Morgan fingerprint density at radius 3 is 2.60 bits per heavy atom. The summed E-state index contributed by atoms with van der Waals surface area (Å²) in [5.41, 5.74) is 7.49. The number of carbonyl (C=O) groups is 1. The molecule has 0 spiro atoms. The first-order chi connectivity index (χ1) is 11.2. The number of amides is 1. The number of nitrogens with zero attached hydrogens (tertiary/aromatic N) is 1. The molecule has 0 radical (unpaired) electrons. The zero-order valence-electron chi connectivity index (χ0n) is 14.2. The molecule has 3 rings (SSSR count). The first-order valence-electron chi connectivity index (χ1n) is 8.23. The maximum atomic E-state index is 12.5. The van der Waals surface area contributed by atoms with Crippen LogP contribution in [0.25, 0.3) is 0 Å². The normalized spacial score (nSPS) is 20.0. The average Bonchev–Trinajstić information content (AvgIpc) is 2.57. The number of ether oxygens (including phenoxy) is 1. The molecule has 0 aromatic heterocycles. The molecule has 142 valence electrons. The quantitative estimate of drug-likeness (QED) is 0.802. The maximum Gasteiger partial charge on any atom is 0.244 e. The van der Waals surface area contributed by atoms with Crippen molar-refractivity contribution in [3.63, 3.8) is 0 Å². The summed E-state index contributed by atoms with van der Waals surface area (Å²) in [5.74, 6) is 2.30. The van der Waals surface area contributed by atoms with Gasteiger partial charge in [-0.1, -0.05) is 12.1 Å². The Labute approximate surface area is 166 Å². The zero-order valence-corrected chi connectivity index (χ0v) is 16.7. The van der Waals surface area contributed by atoms with E-state index < -0.39 is 5.54 Å². The van der Waals surface area contributed by atoms with Crippen molar-refractivity contribution in [2.75, 3.05) is 43.1 Å². The largest absolute Gasteiger partial charge is 0.381 e. The Bertz CT molecular complexity index is 550. The second-order valence-corrected chi connectivity index (χ2v) is 7.54. The van der Waals surface area contributed by atoms with Crippen molar-refractivity contribution in [2.24, 2.45) is 5.73 Å². The van der Waals surface area contributed by atoms with Crippen LogP contribution in [0.1, 0.15) is 18.4 Å². The van der Waals surface area contributed by atoms with Crippen molar-refractivity contribution in [3.8, 4) is 0 Å². The molecule has 5 nitrogen and oxygen atoms in total. The van der Waals surface area contributed by atoms with E-state index in [1.165, 1.54) is 17.1 Å². The van der Waals surface area contributed by atoms with E-state index in [0.717, 1.165) is 25.3 Å². The highest BCUT2D eigenvalue weighted by molar-refractivity contribution is 7.99. The van der Waals surface area contributed by atoms with E-state index in [-0.39, 0.29) is 30.7 Å². The number of anilines is 1. The molecule has 2 saturated heterocycles. The lowest BCUT2D eigenvalue weighted by molar-refractivity contribution is -0.124. The van der Waals surface area contributed by atoms with Crippen molar-refractivity contribution in [1.82, 2.24) is 4.90 Å². The standard InChI is InChI=1S/C17H25N3O2S.2ClH/c18-17(4-8-22-9-5-17)16(21)19-15-3-1-2-14(12-15)13-20-6-10-23-11-7-20;;/h1-3,12H,4-11,13,18H2,(H,19,21);2*1H. The van der Waals surface area contributed by atoms with Crippen LogP contribution in [0.2, 0.25) is 0 Å². The Morgan fingerprint density at radius 1 is 1.24 bits per heavy atom. The fourth-order valence-corrected chi connectivity index (χ4v) is 3.96. The highest BCUT2D eigenvalue weighted by atomic mass is 35.5. The summed E-state index contributed by atoms with van der Waals surface area (Å²) >= 11 is 2.01. The highest BCUT2D eigenvalue weighted by Crippen LogP contribution is 2.21. The summed E-state index contributed by atoms with van der Waals surface area (Å²) in [6.45, 7) is 4.31. The van der Waals surface area contributed by atoms with Crippen molar-refractivity contribution in [1.29, 1.82) is 0 Å². The van der Waals surface area contributed by atoms with E-state index in [1.54, 1.807) is 0 Å². The van der Waals surface area contributed by atoms with Gasteiger partial charge in [0.1, 0.15) is 5.54 Å². The summed E-state index contributed by atoms with van der Waals surface area (Å²) in [6, 6.07) is 8.10. The summed E-state index contributed by atoms with van der Waals surface area (Å²) < 4.78 is 5.30. The van der Waals surface area contributed by atoms with Crippen LogP contribution in [0, 0.1) is 0 Å². The van der Waals surface area contributed by atoms with Gasteiger partial charge in [0.05, 0.1) is 0 Å². The number of rotatable bonds is 4. The molecule has 8 heteroatoms. The van der Waals surface area contributed by atoms with Gasteiger partial charge in [0.15, 0.2) is 0 Å². The predicted octanol–water partition coefficient (Wildman–Crippen LogP) is 2.53. The minimum atomic E-state index is -0.807. The molecule has 2 aliphatic heterocycles. The number of hydrogen-bond donors (Lipinski definition) is 2. The topological polar surface area (TPSA) is 67.6 Å². The van der Waals surface area contributed by atoms with Crippen LogP contribution in [-0.4, -0.2) is 54.2 Å². The molecule has 3 N–H and O–H groups in total. The molecule has 1 amide bonds. The lowest BCUT2D eigenvalue weighted by Gasteiger charge is -2.31. The van der Waals surface area contributed by atoms with Crippen LogP contribution < -0.4 is 11.1 Å². The fourth-order valence-electron chi connectivity index (χ4n) is 2.98. The van der Waals surface area contributed by atoms with Gasteiger partial charge in [-0.2, -0.15) is 11.8 Å². The second kappa shape index (κ2) is 10.6. The average molecular weight is 408 g/mol. The van der Waals surface area contributed by atoms with Crippen LogP contribution in [0.4, 0.5) is 5.69 Å². The molecular weight excluding hydrogens is 381 g/mol. The van der Waals surface area contributed by atoms with Crippen LogP contribution in [-0.2, 0) is 16.1 Å². The molecule has 2 heterocycles. The van der Waals surface area contributed by atoms with E-state index in [9.17, 15) is 4.79 Å². The number of thioether (sulfide) groups is 1. The van der Waals surface area contributed by atoms with Crippen LogP contribution in [0.15, 0.2) is 24.3 Å². The molecule has 0 unspecified atom stereocenters. The molecule has 1 aromatic carbocycles. The van der Waals surface area contributed by atoms with Crippen molar-refractivity contribution >= 4 is 48.2 Å². The van der Waals surface area contributed by atoms with Crippen molar-refractivity contribution < 1.29 is 9.53 Å². The third kappa shape index (κ3) is 6.31. The van der Waals surface area contributed by atoms with Gasteiger partial charge < -0.3 is 15.8 Å². The van der Waals surface area contributed by atoms with Gasteiger partial charge in [0.25, 0.3) is 0 Å². The van der Waals surface area contributed by atoms with E-state index in [1.807, 2.05) is 23.9 Å². The van der Waals surface area contributed by atoms with E-state index in [2.05, 4.69) is 22.3 Å². The summed E-state index contributed by atoms with van der Waals surface area (Å²) in [4.78, 5) is 14.9. The molecule has 0 bridgehead atoms. The Kier molecular flexibility index (Phi) is 9.56. The van der Waals surface area contributed by atoms with Gasteiger partial charge in [-0.25, -0.2) is 0 Å². The molecular formula is C17H27Cl2N3O2S. The van der Waals surface area contributed by atoms with Gasteiger partial charge in [0, 0.05) is 50.0 Å². The van der Waals surface area contributed by atoms with Gasteiger partial charge in [0.2, 0.25) is 5.91 Å². The lowest BCUT2D eigenvalue weighted by atomic mass is 9.90. The monoisotopic (exact) mass is 407 g/mol. The Morgan fingerprint density at radius 2 is 1.92 bits per heavy atom.